The van der Waals surface area contributed by atoms with Gasteiger partial charge in [-0.05, 0) is 36.5 Å². The molecule has 0 aliphatic heterocycles. The van der Waals surface area contributed by atoms with E-state index in [1.807, 2.05) is 18.2 Å². The number of likely N-dealkylation sites (N-methyl/N-ethyl adjacent to an activating group) is 1. The highest BCUT2D eigenvalue weighted by molar-refractivity contribution is 5.87. The van der Waals surface area contributed by atoms with E-state index in [0.29, 0.717) is 5.92 Å². The number of amides is 1. The van der Waals surface area contributed by atoms with Crippen molar-refractivity contribution in [3.8, 4) is 5.75 Å². The number of carbonyl (C=O) groups is 2. The molecular formula is C18H21N3O4. The molecule has 132 valence electrons. The average Bonchev–Trinajstić information content (AvgIpc) is 3.02. The van der Waals surface area contributed by atoms with Gasteiger partial charge in [0.05, 0.1) is 18.9 Å². The molecule has 1 amide bonds. The molecule has 25 heavy (non-hydrogen) atoms. The molecule has 0 atom stereocenters. The molecule has 7 heteroatoms. The van der Waals surface area contributed by atoms with Gasteiger partial charge in [-0.25, -0.2) is 4.79 Å². The van der Waals surface area contributed by atoms with Crippen LogP contribution in [0, 0.1) is 0 Å². The molecule has 3 rings (SSSR count). The van der Waals surface area contributed by atoms with E-state index in [4.69, 9.17) is 9.84 Å². The molecule has 0 radical (unpaired) electrons. The summed E-state index contributed by atoms with van der Waals surface area (Å²) in [6.07, 6.45) is 4.44. The highest BCUT2D eigenvalue weighted by Gasteiger charge is 2.35. The Balaban J connectivity index is 1.54. The van der Waals surface area contributed by atoms with Gasteiger partial charge in [-0.1, -0.05) is 12.1 Å². The van der Waals surface area contributed by atoms with Crippen LogP contribution in [0.5, 0.6) is 5.75 Å². The van der Waals surface area contributed by atoms with Crippen LogP contribution in [0.25, 0.3) is 0 Å². The number of benzene rings is 1. The number of nitrogens with zero attached hydrogens (tertiary/aromatic N) is 3. The maximum Gasteiger partial charge on any atom is 0.338 e. The van der Waals surface area contributed by atoms with Crippen molar-refractivity contribution in [2.45, 2.75) is 31.3 Å². The highest BCUT2D eigenvalue weighted by atomic mass is 16.5. The van der Waals surface area contributed by atoms with Crippen LogP contribution in [0.15, 0.2) is 36.7 Å². The van der Waals surface area contributed by atoms with Crippen LogP contribution in [0.3, 0.4) is 0 Å². The molecule has 1 fully saturated rings. The first-order chi connectivity index (χ1) is 12.0. The van der Waals surface area contributed by atoms with Gasteiger partial charge in [0.1, 0.15) is 12.3 Å². The van der Waals surface area contributed by atoms with Gasteiger partial charge in [0, 0.05) is 19.3 Å². The number of carboxylic acids is 1. The predicted molar refractivity (Wildman–Crippen MR) is 90.7 cm³/mol. The van der Waals surface area contributed by atoms with E-state index in [2.05, 4.69) is 11.2 Å². The van der Waals surface area contributed by atoms with E-state index in [1.165, 1.54) is 22.6 Å². The van der Waals surface area contributed by atoms with Gasteiger partial charge in [0.2, 0.25) is 5.91 Å². The molecule has 1 aliphatic rings. The Labute approximate surface area is 145 Å². The van der Waals surface area contributed by atoms with Crippen LogP contribution in [0.2, 0.25) is 0 Å². The lowest BCUT2D eigenvalue weighted by molar-refractivity contribution is -0.134. The zero-order valence-electron chi connectivity index (χ0n) is 14.3. The van der Waals surface area contributed by atoms with E-state index in [1.54, 1.807) is 19.1 Å². The summed E-state index contributed by atoms with van der Waals surface area (Å²) in [4.78, 5) is 25.0. The Kier molecular flexibility index (Phi) is 4.74. The summed E-state index contributed by atoms with van der Waals surface area (Å²) in [7, 11) is 3.44. The molecule has 0 spiro atoms. The van der Waals surface area contributed by atoms with Crippen molar-refractivity contribution in [1.29, 1.82) is 0 Å². The lowest BCUT2D eigenvalue weighted by Crippen LogP contribution is -2.45. The Morgan fingerprint density at radius 1 is 1.40 bits per heavy atom. The quantitative estimate of drug-likeness (QED) is 0.867. The maximum absolute atomic E-state index is 12.4. The smallest absolute Gasteiger partial charge is 0.338 e. The average molecular weight is 343 g/mol. The van der Waals surface area contributed by atoms with Gasteiger partial charge in [0.25, 0.3) is 0 Å². The summed E-state index contributed by atoms with van der Waals surface area (Å²) < 4.78 is 6.62. The third-order valence-electron chi connectivity index (χ3n) is 4.80. The van der Waals surface area contributed by atoms with Gasteiger partial charge >= 0.3 is 5.97 Å². The maximum atomic E-state index is 12.4. The first-order valence-corrected chi connectivity index (χ1v) is 8.13. The summed E-state index contributed by atoms with van der Waals surface area (Å²) >= 11 is 0. The molecule has 2 aromatic rings. The fourth-order valence-corrected chi connectivity index (χ4v) is 3.09. The van der Waals surface area contributed by atoms with Crippen LogP contribution in [0.4, 0.5) is 0 Å². The number of ether oxygens (including phenoxy) is 1. The predicted octanol–water partition coefficient (Wildman–Crippen LogP) is 1.99. The van der Waals surface area contributed by atoms with Crippen molar-refractivity contribution >= 4 is 11.9 Å². The van der Waals surface area contributed by atoms with Crippen LogP contribution in [0.1, 0.15) is 34.7 Å². The van der Waals surface area contributed by atoms with E-state index in [0.717, 1.165) is 18.6 Å². The largest absolute Gasteiger partial charge is 0.497 e. The summed E-state index contributed by atoms with van der Waals surface area (Å²) in [6.45, 7) is 0.0457. The zero-order valence-corrected chi connectivity index (χ0v) is 14.3. The molecule has 1 aromatic carbocycles. The third-order valence-corrected chi connectivity index (χ3v) is 4.80. The number of carboxylic acid groups (broad SMARTS) is 1. The van der Waals surface area contributed by atoms with Gasteiger partial charge in [-0.15, -0.1) is 0 Å². The fourth-order valence-electron chi connectivity index (χ4n) is 3.09. The minimum absolute atomic E-state index is 0.0457. The second-order valence-corrected chi connectivity index (χ2v) is 6.34. The lowest BCUT2D eigenvalue weighted by atomic mass is 9.75. The Morgan fingerprint density at radius 2 is 2.16 bits per heavy atom. The van der Waals surface area contributed by atoms with Gasteiger partial charge in [-0.2, -0.15) is 5.10 Å². The number of aromatic nitrogens is 2. The summed E-state index contributed by atoms with van der Waals surface area (Å²) in [5, 5.41) is 12.8. The first kappa shape index (κ1) is 17.0. The molecule has 1 N–H and O–H groups in total. The topological polar surface area (TPSA) is 84.7 Å². The van der Waals surface area contributed by atoms with E-state index in [-0.39, 0.29) is 24.1 Å². The van der Waals surface area contributed by atoms with Crippen LogP contribution in [-0.4, -0.2) is 51.9 Å². The molecule has 1 heterocycles. The highest BCUT2D eigenvalue weighted by Crippen LogP contribution is 2.40. The number of hydrogen-bond acceptors (Lipinski definition) is 4. The standard InChI is InChI=1S/C18H21N3O4/c1-20(17(22)11-21-10-14(9-19-21)18(23)24)15-6-13(7-15)12-4-3-5-16(8-12)25-2/h3-5,8-10,13,15H,6-7,11H2,1-2H3,(H,23,24). The molecule has 7 nitrogen and oxygen atoms in total. The molecule has 0 unspecified atom stereocenters. The number of aromatic carboxylic acids is 1. The fraction of sp³-hybridized carbons (Fsp3) is 0.389. The van der Waals surface area contributed by atoms with E-state index < -0.39 is 5.97 Å². The van der Waals surface area contributed by atoms with Gasteiger partial charge in [0.15, 0.2) is 0 Å². The van der Waals surface area contributed by atoms with Crippen LogP contribution < -0.4 is 4.74 Å². The van der Waals surface area contributed by atoms with Crippen molar-refractivity contribution in [2.75, 3.05) is 14.2 Å². The second-order valence-electron chi connectivity index (χ2n) is 6.34. The Morgan fingerprint density at radius 3 is 2.80 bits per heavy atom. The summed E-state index contributed by atoms with van der Waals surface area (Å²) in [5.41, 5.74) is 1.31. The minimum Gasteiger partial charge on any atom is -0.497 e. The third kappa shape index (κ3) is 3.65. The SMILES string of the molecule is COc1cccc(C2CC(N(C)C(=O)Cn3cc(C(=O)O)cn3)C2)c1. The molecule has 0 bridgehead atoms. The van der Waals surface area contributed by atoms with Crippen molar-refractivity contribution in [1.82, 2.24) is 14.7 Å². The van der Waals surface area contributed by atoms with Crippen LogP contribution in [-0.2, 0) is 11.3 Å². The van der Waals surface area contributed by atoms with E-state index >= 15 is 0 Å². The van der Waals surface area contributed by atoms with E-state index in [9.17, 15) is 9.59 Å². The molecule has 1 aliphatic carbocycles. The van der Waals surface area contributed by atoms with Crippen molar-refractivity contribution in [2.24, 2.45) is 0 Å². The Bertz CT molecular complexity index is 780. The molecule has 0 saturated heterocycles. The summed E-state index contributed by atoms with van der Waals surface area (Å²) in [5.74, 6) is 0.151. The van der Waals surface area contributed by atoms with Crippen molar-refractivity contribution < 1.29 is 19.4 Å². The molecule has 1 saturated carbocycles. The molecule has 1 aromatic heterocycles. The monoisotopic (exact) mass is 343 g/mol. The zero-order chi connectivity index (χ0) is 18.0. The van der Waals surface area contributed by atoms with Gasteiger partial charge < -0.3 is 14.7 Å². The van der Waals surface area contributed by atoms with Crippen molar-refractivity contribution in [3.63, 3.8) is 0 Å². The second kappa shape index (κ2) is 6.96. The first-order valence-electron chi connectivity index (χ1n) is 8.13. The number of rotatable bonds is 6. The summed E-state index contributed by atoms with van der Waals surface area (Å²) in [6, 6.07) is 8.22. The normalized spacial score (nSPS) is 19.1. The van der Waals surface area contributed by atoms with Crippen molar-refractivity contribution in [3.05, 3.63) is 47.8 Å². The number of methoxy groups -OCH3 is 1. The van der Waals surface area contributed by atoms with Crippen LogP contribution >= 0.6 is 0 Å². The number of hydrogen-bond donors (Lipinski definition) is 1. The van der Waals surface area contributed by atoms with Gasteiger partial charge in [-0.3, -0.25) is 9.48 Å². The number of carbonyl (C=O) groups excluding carboxylic acids is 1. The minimum atomic E-state index is -1.05. The Hall–Kier alpha value is -2.83. The molecular weight excluding hydrogens is 322 g/mol. The lowest BCUT2D eigenvalue weighted by Gasteiger charge is -2.41.